The number of carbonyl (C=O) groups excluding carboxylic acids is 1. The first-order valence-electron chi connectivity index (χ1n) is 6.07. The van der Waals surface area contributed by atoms with Gasteiger partial charge in [0.1, 0.15) is 5.69 Å². The molecule has 0 spiro atoms. The summed E-state index contributed by atoms with van der Waals surface area (Å²) in [4.78, 5) is 32.6. The summed E-state index contributed by atoms with van der Waals surface area (Å²) in [5, 5.41) is 2.69. The van der Waals surface area contributed by atoms with E-state index in [9.17, 15) is 9.59 Å². The van der Waals surface area contributed by atoms with E-state index in [1.165, 1.54) is 0 Å². The van der Waals surface area contributed by atoms with Crippen molar-refractivity contribution in [2.24, 2.45) is 5.73 Å². The molecule has 19 heavy (non-hydrogen) atoms. The van der Waals surface area contributed by atoms with Crippen LogP contribution in [-0.4, -0.2) is 41.6 Å². The Morgan fingerprint density at radius 3 is 2.84 bits per heavy atom. The molecule has 0 radical (unpaired) electrons. The number of aromatic amines is 1. The monoisotopic (exact) mass is 285 g/mol. The van der Waals surface area contributed by atoms with Crippen molar-refractivity contribution in [1.82, 2.24) is 15.3 Å². The van der Waals surface area contributed by atoms with Gasteiger partial charge in [-0.1, -0.05) is 0 Å². The van der Waals surface area contributed by atoms with Gasteiger partial charge in [0.2, 0.25) is 5.95 Å². The van der Waals surface area contributed by atoms with E-state index in [1.54, 1.807) is 0 Å². The maximum atomic E-state index is 11.9. The maximum absolute atomic E-state index is 11.9. The molecular weight excluding hydrogens is 270 g/mol. The fourth-order valence-electron chi connectivity index (χ4n) is 2.42. The minimum atomic E-state index is -0.271. The number of hydrogen-bond acceptors (Lipinski definition) is 5. The lowest BCUT2D eigenvalue weighted by Gasteiger charge is -2.20. The average molecular weight is 286 g/mol. The number of nitrogens with two attached hydrogens (primary N) is 1. The fourth-order valence-corrected chi connectivity index (χ4v) is 2.42. The molecule has 3 rings (SSSR count). The van der Waals surface area contributed by atoms with E-state index in [1.807, 2.05) is 4.90 Å². The summed E-state index contributed by atoms with van der Waals surface area (Å²) in [5.74, 6) is 0.177. The number of H-pyrrole nitrogens is 1. The van der Waals surface area contributed by atoms with E-state index in [-0.39, 0.29) is 35.6 Å². The van der Waals surface area contributed by atoms with Gasteiger partial charge in [0.25, 0.3) is 11.5 Å². The van der Waals surface area contributed by atoms with E-state index in [4.69, 9.17) is 5.73 Å². The zero-order valence-corrected chi connectivity index (χ0v) is 11.1. The third-order valence-corrected chi connectivity index (χ3v) is 3.40. The molecule has 0 bridgehead atoms. The number of fused-ring (bicyclic) bond motifs is 1. The van der Waals surface area contributed by atoms with Crippen LogP contribution in [0.1, 0.15) is 22.5 Å². The largest absolute Gasteiger partial charge is 0.350 e. The smallest absolute Gasteiger partial charge is 0.270 e. The van der Waals surface area contributed by atoms with E-state index < -0.39 is 0 Å². The lowest BCUT2D eigenvalue weighted by atomic mass is 10.1. The van der Waals surface area contributed by atoms with Gasteiger partial charge in [-0.2, -0.15) is 0 Å². The molecule has 104 valence electrons. The zero-order valence-electron chi connectivity index (χ0n) is 10.3. The average Bonchev–Trinajstić information content (AvgIpc) is 2.77. The number of anilines is 1. The van der Waals surface area contributed by atoms with Crippen LogP contribution in [0.15, 0.2) is 4.79 Å². The number of rotatable bonds is 1. The molecule has 0 aromatic carbocycles. The van der Waals surface area contributed by atoms with Crippen LogP contribution < -0.4 is 21.5 Å². The lowest BCUT2D eigenvalue weighted by molar-refractivity contribution is 0.0940. The predicted octanol–water partition coefficient (Wildman–Crippen LogP) is -0.985. The lowest BCUT2D eigenvalue weighted by Crippen LogP contribution is -2.38. The minimum Gasteiger partial charge on any atom is -0.350 e. The summed E-state index contributed by atoms with van der Waals surface area (Å²) < 4.78 is 0. The minimum absolute atomic E-state index is 0. The summed E-state index contributed by atoms with van der Waals surface area (Å²) >= 11 is 0. The van der Waals surface area contributed by atoms with E-state index in [0.29, 0.717) is 31.0 Å². The summed E-state index contributed by atoms with van der Waals surface area (Å²) in [6, 6.07) is 0.0974. The van der Waals surface area contributed by atoms with Gasteiger partial charge in [-0.25, -0.2) is 4.98 Å². The van der Waals surface area contributed by atoms with Crippen molar-refractivity contribution in [2.75, 3.05) is 24.5 Å². The first-order valence-corrected chi connectivity index (χ1v) is 6.07. The Balaban J connectivity index is 0.00000133. The number of amides is 1. The normalized spacial score (nSPS) is 21.6. The molecule has 2 aliphatic heterocycles. The van der Waals surface area contributed by atoms with Gasteiger partial charge in [-0.05, 0) is 12.8 Å². The first kappa shape index (κ1) is 13.8. The Bertz CT molecular complexity index is 559. The second-order valence-electron chi connectivity index (χ2n) is 4.72. The number of nitrogens with zero attached hydrogens (tertiary/aromatic N) is 2. The Morgan fingerprint density at radius 2 is 2.16 bits per heavy atom. The first-order chi connectivity index (χ1) is 8.65. The van der Waals surface area contributed by atoms with Crippen LogP contribution >= 0.6 is 12.4 Å². The molecule has 1 unspecified atom stereocenters. The Hall–Kier alpha value is -1.60. The molecule has 8 heteroatoms. The van der Waals surface area contributed by atoms with Crippen molar-refractivity contribution in [1.29, 1.82) is 0 Å². The second-order valence-corrected chi connectivity index (χ2v) is 4.72. The van der Waals surface area contributed by atoms with Crippen LogP contribution in [0.25, 0.3) is 0 Å². The number of hydrogen-bond donors (Lipinski definition) is 3. The van der Waals surface area contributed by atoms with Gasteiger partial charge in [0.05, 0.1) is 5.56 Å². The molecule has 1 amide bonds. The van der Waals surface area contributed by atoms with Gasteiger partial charge in [0.15, 0.2) is 0 Å². The van der Waals surface area contributed by atoms with Crippen LogP contribution in [-0.2, 0) is 6.42 Å². The third-order valence-electron chi connectivity index (χ3n) is 3.40. The van der Waals surface area contributed by atoms with Gasteiger partial charge in [0, 0.05) is 25.7 Å². The van der Waals surface area contributed by atoms with Crippen LogP contribution in [0, 0.1) is 0 Å². The van der Waals surface area contributed by atoms with Crippen LogP contribution in [0.3, 0.4) is 0 Å². The molecule has 1 fully saturated rings. The van der Waals surface area contributed by atoms with Crippen LogP contribution in [0.5, 0.6) is 0 Å². The SMILES string of the molecule is Cl.NC1CCN(c2nc3c(c(=O)[nH]2)CCNC3=O)C1. The Labute approximate surface area is 116 Å². The quantitative estimate of drug-likeness (QED) is 0.615. The predicted molar refractivity (Wildman–Crippen MR) is 72.9 cm³/mol. The number of aromatic nitrogens is 2. The fraction of sp³-hybridized carbons (Fsp3) is 0.545. The molecule has 1 aromatic rings. The van der Waals surface area contributed by atoms with Crippen LogP contribution in [0.4, 0.5) is 5.95 Å². The number of halogens is 1. The van der Waals surface area contributed by atoms with Gasteiger partial charge >= 0.3 is 0 Å². The summed E-state index contributed by atoms with van der Waals surface area (Å²) in [7, 11) is 0. The number of nitrogens with one attached hydrogen (secondary N) is 2. The van der Waals surface area contributed by atoms with Crippen molar-refractivity contribution in [2.45, 2.75) is 18.9 Å². The van der Waals surface area contributed by atoms with Crippen molar-refractivity contribution in [3.05, 3.63) is 21.6 Å². The topological polar surface area (TPSA) is 104 Å². The zero-order chi connectivity index (χ0) is 12.7. The highest BCUT2D eigenvalue weighted by Gasteiger charge is 2.26. The molecule has 1 aromatic heterocycles. The molecule has 3 heterocycles. The summed E-state index contributed by atoms with van der Waals surface area (Å²) in [6.07, 6.45) is 1.40. The maximum Gasteiger partial charge on any atom is 0.270 e. The van der Waals surface area contributed by atoms with Crippen LogP contribution in [0.2, 0.25) is 0 Å². The molecule has 0 aliphatic carbocycles. The standard InChI is InChI=1S/C11H15N5O2.ClH/c12-6-2-4-16(5-6)11-14-8-7(9(17)15-11)1-3-13-10(8)18;/h6H,1-5,12H2,(H,13,18)(H,14,15,17);1H. The summed E-state index contributed by atoms with van der Waals surface area (Å²) in [6.45, 7) is 1.90. The van der Waals surface area contributed by atoms with E-state index in [2.05, 4.69) is 15.3 Å². The molecule has 1 saturated heterocycles. The van der Waals surface area contributed by atoms with Crippen molar-refractivity contribution >= 4 is 24.3 Å². The second kappa shape index (κ2) is 5.18. The third kappa shape index (κ3) is 2.43. The molecule has 1 atom stereocenters. The summed E-state index contributed by atoms with van der Waals surface area (Å²) in [5.41, 5.74) is 6.34. The van der Waals surface area contributed by atoms with Crippen molar-refractivity contribution in [3.63, 3.8) is 0 Å². The number of carbonyl (C=O) groups is 1. The van der Waals surface area contributed by atoms with Gasteiger partial charge in [-0.15, -0.1) is 12.4 Å². The molecular formula is C11H16ClN5O2. The van der Waals surface area contributed by atoms with E-state index in [0.717, 1.165) is 13.0 Å². The highest BCUT2D eigenvalue weighted by atomic mass is 35.5. The van der Waals surface area contributed by atoms with Gasteiger partial charge in [-0.3, -0.25) is 14.6 Å². The highest BCUT2D eigenvalue weighted by molar-refractivity contribution is 5.94. The molecule has 4 N–H and O–H groups in total. The van der Waals surface area contributed by atoms with Crippen molar-refractivity contribution < 1.29 is 4.79 Å². The molecule has 0 saturated carbocycles. The highest BCUT2D eigenvalue weighted by Crippen LogP contribution is 2.16. The Kier molecular flexibility index (Phi) is 3.77. The molecule has 7 nitrogen and oxygen atoms in total. The molecule has 2 aliphatic rings. The van der Waals surface area contributed by atoms with Crippen molar-refractivity contribution in [3.8, 4) is 0 Å². The Morgan fingerprint density at radius 1 is 1.37 bits per heavy atom. The van der Waals surface area contributed by atoms with Gasteiger partial charge < -0.3 is 16.0 Å². The van der Waals surface area contributed by atoms with E-state index >= 15 is 0 Å².